The predicted octanol–water partition coefficient (Wildman–Crippen LogP) is 2.31. The monoisotopic (exact) mass is 215 g/mol. The van der Waals surface area contributed by atoms with E-state index in [0.717, 1.165) is 26.2 Å². The molecule has 0 aliphatic carbocycles. The first kappa shape index (κ1) is 12.9. The molecule has 0 amide bonds. The molecule has 1 heterocycles. The Kier molecular flexibility index (Phi) is 5.58. The molecule has 3 nitrogen and oxygen atoms in total. The van der Waals surface area contributed by atoms with E-state index >= 15 is 0 Å². The second-order valence-electron chi connectivity index (χ2n) is 4.43. The Morgan fingerprint density at radius 3 is 2.47 bits per heavy atom. The molecule has 3 heteroatoms. The zero-order valence-corrected chi connectivity index (χ0v) is 10.3. The first-order chi connectivity index (χ1) is 7.20. The van der Waals surface area contributed by atoms with Crippen LogP contribution in [0.15, 0.2) is 0 Å². The maximum Gasteiger partial charge on any atom is 0.166 e. The van der Waals surface area contributed by atoms with Gasteiger partial charge in [0.1, 0.15) is 0 Å². The molecule has 0 bridgehead atoms. The van der Waals surface area contributed by atoms with E-state index in [1.165, 1.54) is 19.3 Å². The van der Waals surface area contributed by atoms with Gasteiger partial charge in [-0.15, -0.1) is 0 Å². The van der Waals surface area contributed by atoms with E-state index in [9.17, 15) is 0 Å². The number of rotatable bonds is 7. The zero-order valence-electron chi connectivity index (χ0n) is 10.3. The van der Waals surface area contributed by atoms with Crippen molar-refractivity contribution in [2.24, 2.45) is 0 Å². The molecule has 1 fully saturated rings. The molecule has 1 atom stereocenters. The molecule has 0 aromatic carbocycles. The summed E-state index contributed by atoms with van der Waals surface area (Å²) >= 11 is 0. The maximum atomic E-state index is 5.55. The minimum Gasteiger partial charge on any atom is -0.348 e. The fourth-order valence-electron chi connectivity index (χ4n) is 2.00. The lowest BCUT2D eigenvalue weighted by molar-refractivity contribution is -0.145. The highest BCUT2D eigenvalue weighted by atomic mass is 16.7. The Labute approximate surface area is 93.5 Å². The van der Waals surface area contributed by atoms with E-state index in [1.54, 1.807) is 0 Å². The molecule has 1 aliphatic rings. The molecule has 1 saturated heterocycles. The smallest absolute Gasteiger partial charge is 0.166 e. The van der Waals surface area contributed by atoms with Gasteiger partial charge in [-0.05, 0) is 19.8 Å². The Bertz CT molecular complexity index is 167. The van der Waals surface area contributed by atoms with Gasteiger partial charge in [0.2, 0.25) is 0 Å². The standard InChI is InChI=1S/C12H25NO2/c1-4-6-11(5-2)13-8-7-12(3)14-9-10-15-12/h11,13H,4-10H2,1-3H3. The molecule has 15 heavy (non-hydrogen) atoms. The van der Waals surface area contributed by atoms with Gasteiger partial charge in [-0.3, -0.25) is 0 Å². The van der Waals surface area contributed by atoms with Crippen molar-refractivity contribution in [1.82, 2.24) is 5.32 Å². The number of hydrogen-bond acceptors (Lipinski definition) is 3. The van der Waals surface area contributed by atoms with Gasteiger partial charge in [-0.1, -0.05) is 20.3 Å². The quantitative estimate of drug-likeness (QED) is 0.707. The normalized spacial score (nSPS) is 21.8. The van der Waals surface area contributed by atoms with Crippen LogP contribution in [0.3, 0.4) is 0 Å². The summed E-state index contributed by atoms with van der Waals surface area (Å²) in [5.74, 6) is -0.336. The van der Waals surface area contributed by atoms with E-state index in [4.69, 9.17) is 9.47 Å². The number of hydrogen-bond donors (Lipinski definition) is 1. The van der Waals surface area contributed by atoms with Crippen LogP contribution in [0.4, 0.5) is 0 Å². The summed E-state index contributed by atoms with van der Waals surface area (Å²) in [4.78, 5) is 0. The topological polar surface area (TPSA) is 30.5 Å². The largest absolute Gasteiger partial charge is 0.348 e. The molecular formula is C12H25NO2. The number of nitrogens with one attached hydrogen (secondary N) is 1. The van der Waals surface area contributed by atoms with Gasteiger partial charge in [0.05, 0.1) is 13.2 Å². The maximum absolute atomic E-state index is 5.55. The summed E-state index contributed by atoms with van der Waals surface area (Å²) in [6.07, 6.45) is 4.64. The second-order valence-corrected chi connectivity index (χ2v) is 4.43. The van der Waals surface area contributed by atoms with Crippen molar-refractivity contribution in [3.63, 3.8) is 0 Å². The van der Waals surface area contributed by atoms with Crippen LogP contribution in [-0.2, 0) is 9.47 Å². The van der Waals surface area contributed by atoms with Gasteiger partial charge in [-0.25, -0.2) is 0 Å². The summed E-state index contributed by atoms with van der Waals surface area (Å²) < 4.78 is 11.1. The summed E-state index contributed by atoms with van der Waals surface area (Å²) in [5, 5.41) is 3.56. The predicted molar refractivity (Wildman–Crippen MR) is 61.9 cm³/mol. The Morgan fingerprint density at radius 2 is 1.93 bits per heavy atom. The molecule has 1 unspecified atom stereocenters. The van der Waals surface area contributed by atoms with E-state index in [-0.39, 0.29) is 5.79 Å². The summed E-state index contributed by atoms with van der Waals surface area (Å²) in [7, 11) is 0. The summed E-state index contributed by atoms with van der Waals surface area (Å²) in [6, 6.07) is 0.653. The second kappa shape index (κ2) is 6.46. The summed E-state index contributed by atoms with van der Waals surface area (Å²) in [6.45, 7) is 8.95. The fraction of sp³-hybridized carbons (Fsp3) is 1.00. The van der Waals surface area contributed by atoms with Crippen LogP contribution >= 0.6 is 0 Å². The third-order valence-corrected chi connectivity index (χ3v) is 3.04. The zero-order chi connectivity index (χ0) is 11.1. The average molecular weight is 215 g/mol. The van der Waals surface area contributed by atoms with E-state index in [0.29, 0.717) is 6.04 Å². The highest BCUT2D eigenvalue weighted by Gasteiger charge is 2.30. The molecule has 1 N–H and O–H groups in total. The van der Waals surface area contributed by atoms with Crippen LogP contribution in [0.5, 0.6) is 0 Å². The van der Waals surface area contributed by atoms with Gasteiger partial charge < -0.3 is 14.8 Å². The number of ether oxygens (including phenoxy) is 2. The van der Waals surface area contributed by atoms with Gasteiger partial charge in [0, 0.05) is 19.0 Å². The lowest BCUT2D eigenvalue weighted by Gasteiger charge is -2.24. The van der Waals surface area contributed by atoms with Gasteiger partial charge in [0.25, 0.3) is 0 Å². The molecule has 0 aromatic rings. The molecule has 0 spiro atoms. The third kappa shape index (κ3) is 4.49. The molecule has 0 radical (unpaired) electrons. The lowest BCUT2D eigenvalue weighted by Crippen LogP contribution is -2.35. The molecule has 0 saturated carbocycles. The molecule has 0 aromatic heterocycles. The minimum absolute atomic E-state index is 0.336. The Morgan fingerprint density at radius 1 is 1.27 bits per heavy atom. The molecule has 1 rings (SSSR count). The highest BCUT2D eigenvalue weighted by molar-refractivity contribution is 4.72. The SMILES string of the molecule is CCCC(CC)NCCC1(C)OCCO1. The Balaban J connectivity index is 2.13. The van der Waals surface area contributed by atoms with E-state index in [1.807, 2.05) is 6.92 Å². The van der Waals surface area contributed by atoms with Crippen LogP contribution in [0, 0.1) is 0 Å². The fourth-order valence-corrected chi connectivity index (χ4v) is 2.00. The van der Waals surface area contributed by atoms with Crippen LogP contribution in [0.25, 0.3) is 0 Å². The first-order valence-corrected chi connectivity index (χ1v) is 6.21. The van der Waals surface area contributed by atoms with Gasteiger partial charge in [0.15, 0.2) is 5.79 Å². The van der Waals surface area contributed by atoms with E-state index in [2.05, 4.69) is 19.2 Å². The van der Waals surface area contributed by atoms with Crippen LogP contribution in [0.2, 0.25) is 0 Å². The molecular weight excluding hydrogens is 190 g/mol. The molecule has 1 aliphatic heterocycles. The van der Waals surface area contributed by atoms with E-state index < -0.39 is 0 Å². The lowest BCUT2D eigenvalue weighted by atomic mass is 10.1. The molecule has 90 valence electrons. The highest BCUT2D eigenvalue weighted by Crippen LogP contribution is 2.21. The van der Waals surface area contributed by atoms with Crippen LogP contribution in [-0.4, -0.2) is 31.6 Å². The van der Waals surface area contributed by atoms with Crippen molar-refractivity contribution in [2.45, 2.75) is 58.3 Å². The Hall–Kier alpha value is -0.120. The van der Waals surface area contributed by atoms with Crippen molar-refractivity contribution in [3.8, 4) is 0 Å². The average Bonchev–Trinajstić information content (AvgIpc) is 2.64. The van der Waals surface area contributed by atoms with Gasteiger partial charge in [-0.2, -0.15) is 0 Å². The van der Waals surface area contributed by atoms with Crippen molar-refractivity contribution in [3.05, 3.63) is 0 Å². The van der Waals surface area contributed by atoms with Crippen molar-refractivity contribution in [1.29, 1.82) is 0 Å². The summed E-state index contributed by atoms with van der Waals surface area (Å²) in [5.41, 5.74) is 0. The van der Waals surface area contributed by atoms with Crippen molar-refractivity contribution < 1.29 is 9.47 Å². The van der Waals surface area contributed by atoms with Crippen molar-refractivity contribution >= 4 is 0 Å². The van der Waals surface area contributed by atoms with Gasteiger partial charge >= 0.3 is 0 Å². The third-order valence-electron chi connectivity index (χ3n) is 3.04. The first-order valence-electron chi connectivity index (χ1n) is 6.21. The van der Waals surface area contributed by atoms with Crippen LogP contribution in [0.1, 0.15) is 46.5 Å². The van der Waals surface area contributed by atoms with Crippen LogP contribution < -0.4 is 5.32 Å². The van der Waals surface area contributed by atoms with Crippen molar-refractivity contribution in [2.75, 3.05) is 19.8 Å². The minimum atomic E-state index is -0.336.